The highest BCUT2D eigenvalue weighted by molar-refractivity contribution is 5.98. The quantitative estimate of drug-likeness (QED) is 0.366. The van der Waals surface area contributed by atoms with Crippen molar-refractivity contribution in [2.24, 2.45) is 0 Å². The highest BCUT2D eigenvalue weighted by Gasteiger charge is 2.19. The van der Waals surface area contributed by atoms with E-state index < -0.39 is 0 Å². The monoisotopic (exact) mass is 318 g/mol. The van der Waals surface area contributed by atoms with Crippen molar-refractivity contribution in [2.45, 2.75) is 25.7 Å². The Hall–Kier alpha value is -2.61. The van der Waals surface area contributed by atoms with Gasteiger partial charge in [-0.05, 0) is 51.1 Å². The van der Waals surface area contributed by atoms with Gasteiger partial charge in [0, 0.05) is 6.08 Å². The molecule has 0 aliphatic carbocycles. The summed E-state index contributed by atoms with van der Waals surface area (Å²) in [5.74, 6) is -0.309. The Morgan fingerprint density at radius 2 is 1.58 bits per heavy atom. The Morgan fingerprint density at radius 3 is 2.25 bits per heavy atom. The Morgan fingerprint density at radius 1 is 0.958 bits per heavy atom. The molecule has 2 nitrogen and oxygen atoms in total. The van der Waals surface area contributed by atoms with Crippen LogP contribution in [0.2, 0.25) is 0 Å². The standard InChI is InChI=1S/C22H22O2/c1-22(2,12-6-9-21(23)24-3)20-11-10-18-13-16-7-4-5-8-17(16)14-19(18)15-20/h4-11,13-15H,12H2,1-3H3. The van der Waals surface area contributed by atoms with Gasteiger partial charge in [-0.15, -0.1) is 0 Å². The fourth-order valence-corrected chi connectivity index (χ4v) is 3.00. The summed E-state index contributed by atoms with van der Waals surface area (Å²) in [6, 6.07) is 19.5. The van der Waals surface area contributed by atoms with Gasteiger partial charge in [0.1, 0.15) is 0 Å². The van der Waals surface area contributed by atoms with E-state index in [2.05, 4.69) is 73.2 Å². The zero-order valence-corrected chi connectivity index (χ0v) is 14.4. The van der Waals surface area contributed by atoms with Gasteiger partial charge >= 0.3 is 5.97 Å². The summed E-state index contributed by atoms with van der Waals surface area (Å²) in [7, 11) is 1.39. The lowest BCUT2D eigenvalue weighted by Gasteiger charge is -2.24. The Bertz CT molecular complexity index is 920. The molecule has 0 atom stereocenters. The third kappa shape index (κ3) is 3.33. The average molecular weight is 318 g/mol. The van der Waals surface area contributed by atoms with Crippen molar-refractivity contribution in [1.29, 1.82) is 0 Å². The van der Waals surface area contributed by atoms with Gasteiger partial charge in [-0.2, -0.15) is 0 Å². The Balaban J connectivity index is 1.95. The van der Waals surface area contributed by atoms with E-state index >= 15 is 0 Å². The summed E-state index contributed by atoms with van der Waals surface area (Å²) in [5, 5.41) is 5.01. The van der Waals surface area contributed by atoms with Crippen molar-refractivity contribution in [3.05, 3.63) is 72.3 Å². The zero-order chi connectivity index (χ0) is 17.2. The second-order valence-corrected chi connectivity index (χ2v) is 6.77. The molecule has 0 aromatic heterocycles. The maximum absolute atomic E-state index is 11.2. The van der Waals surface area contributed by atoms with Crippen molar-refractivity contribution in [1.82, 2.24) is 0 Å². The van der Waals surface area contributed by atoms with Gasteiger partial charge in [-0.25, -0.2) is 4.79 Å². The number of rotatable bonds is 4. The molecule has 3 aromatic carbocycles. The first-order valence-corrected chi connectivity index (χ1v) is 8.17. The van der Waals surface area contributed by atoms with Gasteiger partial charge in [0.15, 0.2) is 0 Å². The van der Waals surface area contributed by atoms with E-state index in [1.54, 1.807) is 0 Å². The lowest BCUT2D eigenvalue weighted by Crippen LogP contribution is -2.16. The van der Waals surface area contributed by atoms with E-state index in [1.807, 2.05) is 6.08 Å². The number of methoxy groups -OCH3 is 1. The first kappa shape index (κ1) is 16.3. The predicted octanol–water partition coefficient (Wildman–Crippen LogP) is 5.39. The highest BCUT2D eigenvalue weighted by atomic mass is 16.5. The maximum atomic E-state index is 11.2. The minimum atomic E-state index is -0.309. The second-order valence-electron chi connectivity index (χ2n) is 6.77. The molecule has 0 aliphatic rings. The van der Waals surface area contributed by atoms with Crippen LogP contribution in [0.3, 0.4) is 0 Å². The minimum absolute atomic E-state index is 0.0512. The van der Waals surface area contributed by atoms with E-state index in [9.17, 15) is 4.79 Å². The third-order valence-corrected chi connectivity index (χ3v) is 4.57. The number of ether oxygens (including phenoxy) is 1. The van der Waals surface area contributed by atoms with Gasteiger partial charge in [-0.3, -0.25) is 0 Å². The molecule has 0 saturated heterocycles. The Kier molecular flexibility index (Phi) is 4.39. The topological polar surface area (TPSA) is 26.3 Å². The molecule has 2 heteroatoms. The van der Waals surface area contributed by atoms with Gasteiger partial charge in [-0.1, -0.05) is 62.4 Å². The number of hydrogen-bond acceptors (Lipinski definition) is 2. The van der Waals surface area contributed by atoms with Gasteiger partial charge in [0.25, 0.3) is 0 Å². The molecule has 0 amide bonds. The summed E-state index contributed by atoms with van der Waals surface area (Å²) < 4.78 is 4.64. The van der Waals surface area contributed by atoms with Gasteiger partial charge in [0.2, 0.25) is 0 Å². The normalized spacial score (nSPS) is 12.1. The predicted molar refractivity (Wildman–Crippen MR) is 100 cm³/mol. The van der Waals surface area contributed by atoms with Crippen molar-refractivity contribution in [2.75, 3.05) is 7.11 Å². The molecule has 0 radical (unpaired) electrons. The fourth-order valence-electron chi connectivity index (χ4n) is 3.00. The number of carbonyl (C=O) groups is 1. The molecule has 3 rings (SSSR count). The van der Waals surface area contributed by atoms with Crippen LogP contribution in [0.1, 0.15) is 25.8 Å². The number of carbonyl (C=O) groups excluding carboxylic acids is 1. The zero-order valence-electron chi connectivity index (χ0n) is 14.4. The average Bonchev–Trinajstić information content (AvgIpc) is 2.59. The number of fused-ring (bicyclic) bond motifs is 2. The SMILES string of the molecule is COC(=O)C=CCC(C)(C)c1ccc2cc3ccccc3cc2c1. The first-order chi connectivity index (χ1) is 11.5. The van der Waals surface area contributed by atoms with Crippen molar-refractivity contribution in [3.8, 4) is 0 Å². The first-order valence-electron chi connectivity index (χ1n) is 8.17. The molecule has 24 heavy (non-hydrogen) atoms. The molecule has 0 unspecified atom stereocenters. The van der Waals surface area contributed by atoms with Crippen LogP contribution in [0, 0.1) is 0 Å². The molecule has 0 heterocycles. The van der Waals surface area contributed by atoms with E-state index in [1.165, 1.54) is 40.3 Å². The lowest BCUT2D eigenvalue weighted by molar-refractivity contribution is -0.134. The molecule has 0 N–H and O–H groups in total. The summed E-state index contributed by atoms with van der Waals surface area (Å²) in [6.45, 7) is 4.38. The summed E-state index contributed by atoms with van der Waals surface area (Å²) >= 11 is 0. The molecule has 0 spiro atoms. The van der Waals surface area contributed by atoms with E-state index in [4.69, 9.17) is 0 Å². The van der Waals surface area contributed by atoms with Gasteiger partial charge < -0.3 is 4.74 Å². The molecule has 0 saturated carbocycles. The number of hydrogen-bond donors (Lipinski definition) is 0. The molecule has 3 aromatic rings. The van der Waals surface area contributed by atoms with E-state index in [0.29, 0.717) is 0 Å². The van der Waals surface area contributed by atoms with Crippen molar-refractivity contribution in [3.63, 3.8) is 0 Å². The number of esters is 1. The van der Waals surface area contributed by atoms with Crippen molar-refractivity contribution < 1.29 is 9.53 Å². The molecule has 0 fully saturated rings. The molecular weight excluding hydrogens is 296 g/mol. The number of allylic oxidation sites excluding steroid dienone is 1. The van der Waals surface area contributed by atoms with Crippen LogP contribution in [0.15, 0.2) is 66.7 Å². The van der Waals surface area contributed by atoms with Crippen LogP contribution >= 0.6 is 0 Å². The molecule has 122 valence electrons. The third-order valence-electron chi connectivity index (χ3n) is 4.57. The number of benzene rings is 3. The largest absolute Gasteiger partial charge is 0.466 e. The molecule has 0 bridgehead atoms. The van der Waals surface area contributed by atoms with Crippen LogP contribution in [0.5, 0.6) is 0 Å². The fraction of sp³-hybridized carbons (Fsp3) is 0.227. The van der Waals surface area contributed by atoms with Crippen LogP contribution in [0.4, 0.5) is 0 Å². The van der Waals surface area contributed by atoms with E-state index in [-0.39, 0.29) is 11.4 Å². The highest BCUT2D eigenvalue weighted by Crippen LogP contribution is 2.31. The molecular formula is C22H22O2. The Labute approximate surface area is 142 Å². The summed E-state index contributed by atoms with van der Waals surface area (Å²) in [4.78, 5) is 11.2. The van der Waals surface area contributed by atoms with E-state index in [0.717, 1.165) is 6.42 Å². The van der Waals surface area contributed by atoms with Crippen LogP contribution in [0.25, 0.3) is 21.5 Å². The smallest absolute Gasteiger partial charge is 0.330 e. The second kappa shape index (κ2) is 6.48. The minimum Gasteiger partial charge on any atom is -0.466 e. The van der Waals surface area contributed by atoms with Crippen molar-refractivity contribution >= 4 is 27.5 Å². The van der Waals surface area contributed by atoms with Crippen LogP contribution in [-0.4, -0.2) is 13.1 Å². The van der Waals surface area contributed by atoms with Crippen LogP contribution < -0.4 is 0 Å². The van der Waals surface area contributed by atoms with Gasteiger partial charge in [0.05, 0.1) is 7.11 Å². The lowest BCUT2D eigenvalue weighted by atomic mass is 9.80. The maximum Gasteiger partial charge on any atom is 0.330 e. The molecule has 0 aliphatic heterocycles. The summed E-state index contributed by atoms with van der Waals surface area (Å²) in [6.07, 6.45) is 4.16. The van der Waals surface area contributed by atoms with Crippen LogP contribution in [-0.2, 0) is 14.9 Å². The summed E-state index contributed by atoms with van der Waals surface area (Å²) in [5.41, 5.74) is 1.21.